The number of carbonyl (C=O) groups excluding carboxylic acids is 3. The van der Waals surface area contributed by atoms with Crippen LogP contribution in [0.25, 0.3) is 0 Å². The van der Waals surface area contributed by atoms with Gasteiger partial charge in [0.1, 0.15) is 6.54 Å². The Kier molecular flexibility index (Phi) is 9.48. The number of hydrogen-bond donors (Lipinski definition) is 1. The lowest BCUT2D eigenvalue weighted by Gasteiger charge is -2.36. The van der Waals surface area contributed by atoms with Crippen LogP contribution in [0.5, 0.6) is 0 Å². The molecule has 3 aromatic rings. The van der Waals surface area contributed by atoms with Gasteiger partial charge >= 0.3 is 0 Å². The first-order chi connectivity index (χ1) is 18.6. The van der Waals surface area contributed by atoms with Gasteiger partial charge in [-0.15, -0.1) is 11.3 Å². The van der Waals surface area contributed by atoms with E-state index in [1.54, 1.807) is 17.5 Å². The summed E-state index contributed by atoms with van der Waals surface area (Å²) in [5, 5.41) is 5.56. The number of aromatic nitrogens is 1. The molecule has 1 fully saturated rings. The normalized spacial score (nSPS) is 13.5. The molecular weight excluding hydrogens is 557 g/mol. The van der Waals surface area contributed by atoms with E-state index in [1.165, 1.54) is 33.6 Å². The van der Waals surface area contributed by atoms with Crippen LogP contribution < -0.4 is 10.2 Å². The average Bonchev–Trinajstić information content (AvgIpc) is 3.33. The zero-order chi connectivity index (χ0) is 28.1. The fourth-order valence-corrected chi connectivity index (χ4v) is 5.66. The van der Waals surface area contributed by atoms with Crippen LogP contribution in [0.2, 0.25) is 10.0 Å². The fraction of sp³-hybridized carbons (Fsp3) is 0.357. The summed E-state index contributed by atoms with van der Waals surface area (Å²) in [6, 6.07) is 12.7. The van der Waals surface area contributed by atoms with Crippen molar-refractivity contribution in [3.05, 3.63) is 74.7 Å². The number of anilines is 2. The predicted octanol–water partition coefficient (Wildman–Crippen LogP) is 5.14. The predicted molar refractivity (Wildman–Crippen MR) is 157 cm³/mol. The molecule has 3 amide bonds. The Labute approximate surface area is 242 Å². The van der Waals surface area contributed by atoms with Gasteiger partial charge in [0.15, 0.2) is 5.13 Å². The molecule has 0 saturated carbocycles. The second-order valence-corrected chi connectivity index (χ2v) is 11.4. The highest BCUT2D eigenvalue weighted by Crippen LogP contribution is 2.24. The van der Waals surface area contributed by atoms with E-state index < -0.39 is 0 Å². The molecule has 1 aromatic heterocycles. The molecule has 4 rings (SSSR count). The van der Waals surface area contributed by atoms with Gasteiger partial charge in [0.2, 0.25) is 11.8 Å². The van der Waals surface area contributed by atoms with Crippen LogP contribution in [0.1, 0.15) is 35.5 Å². The maximum Gasteiger partial charge on any atom is 0.256 e. The lowest BCUT2D eigenvalue weighted by molar-refractivity contribution is -0.130. The largest absolute Gasteiger partial charge is 0.368 e. The first kappa shape index (κ1) is 28.9. The number of hydrogen-bond acceptors (Lipinski definition) is 6. The number of para-hydroxylation sites is 1. The number of halogens is 2. The Morgan fingerprint density at radius 3 is 2.46 bits per heavy atom. The maximum absolute atomic E-state index is 13.1. The monoisotopic (exact) mass is 587 g/mol. The zero-order valence-corrected chi connectivity index (χ0v) is 24.4. The van der Waals surface area contributed by atoms with E-state index in [4.69, 9.17) is 23.2 Å². The smallest absolute Gasteiger partial charge is 0.256 e. The molecule has 0 bridgehead atoms. The van der Waals surface area contributed by atoms with Crippen LogP contribution in [0.15, 0.2) is 47.8 Å². The SMILES string of the molecule is Cc1ccccc1N1CCN(C(=O)Cc2csc(NC(=O)CN(C(=O)c3ccc(Cl)cc3Cl)C(C)C)n2)CC1. The van der Waals surface area contributed by atoms with Gasteiger partial charge in [-0.05, 0) is 50.6 Å². The van der Waals surface area contributed by atoms with Crippen molar-refractivity contribution in [1.82, 2.24) is 14.8 Å². The molecule has 0 atom stereocenters. The second kappa shape index (κ2) is 12.8. The fourth-order valence-electron chi connectivity index (χ4n) is 4.45. The van der Waals surface area contributed by atoms with E-state index in [1.807, 2.05) is 30.9 Å². The van der Waals surface area contributed by atoms with Gasteiger partial charge in [-0.3, -0.25) is 14.4 Å². The third-order valence-corrected chi connectivity index (χ3v) is 7.93. The summed E-state index contributed by atoms with van der Waals surface area (Å²) in [5.74, 6) is -0.740. The number of nitrogens with zero attached hydrogens (tertiary/aromatic N) is 4. The summed E-state index contributed by atoms with van der Waals surface area (Å²) in [7, 11) is 0. The number of nitrogens with one attached hydrogen (secondary N) is 1. The number of piperazine rings is 1. The highest BCUT2D eigenvalue weighted by atomic mass is 35.5. The van der Waals surface area contributed by atoms with Crippen molar-refractivity contribution in [3.63, 3.8) is 0 Å². The molecule has 206 valence electrons. The van der Waals surface area contributed by atoms with Crippen LogP contribution in [0, 0.1) is 6.92 Å². The molecule has 2 heterocycles. The number of aryl methyl sites for hydroxylation is 1. The number of amides is 3. The van der Waals surface area contributed by atoms with E-state index >= 15 is 0 Å². The molecule has 2 aromatic carbocycles. The quantitative estimate of drug-likeness (QED) is 0.394. The van der Waals surface area contributed by atoms with Crippen molar-refractivity contribution < 1.29 is 14.4 Å². The molecule has 0 aliphatic carbocycles. The average molecular weight is 589 g/mol. The standard InChI is InChI=1S/C28H31Cl2N5O3S/c1-18(2)35(27(38)22-9-8-20(29)14-23(22)30)16-25(36)32-28-31-21(17-39-28)15-26(37)34-12-10-33(11-13-34)24-7-5-4-6-19(24)3/h4-9,14,17-18H,10-13,15-16H2,1-3H3,(H,31,32,36). The minimum atomic E-state index is -0.387. The van der Waals surface area contributed by atoms with E-state index in [-0.39, 0.29) is 47.3 Å². The van der Waals surface area contributed by atoms with Crippen LogP contribution in [-0.4, -0.2) is 71.3 Å². The van der Waals surface area contributed by atoms with Gasteiger partial charge in [0.05, 0.1) is 22.7 Å². The molecule has 11 heteroatoms. The lowest BCUT2D eigenvalue weighted by atomic mass is 10.1. The van der Waals surface area contributed by atoms with Gasteiger partial charge in [-0.2, -0.15) is 0 Å². The van der Waals surface area contributed by atoms with Gasteiger partial charge < -0.3 is 20.0 Å². The Hall–Kier alpha value is -3.14. The summed E-state index contributed by atoms with van der Waals surface area (Å²) < 4.78 is 0. The molecule has 0 spiro atoms. The molecule has 0 unspecified atom stereocenters. The number of rotatable bonds is 8. The van der Waals surface area contributed by atoms with Gasteiger partial charge in [0, 0.05) is 48.3 Å². The summed E-state index contributed by atoms with van der Waals surface area (Å²) in [5.41, 5.74) is 3.31. The van der Waals surface area contributed by atoms with Gasteiger partial charge in [-0.1, -0.05) is 41.4 Å². The number of benzene rings is 2. The molecular formula is C28H31Cl2N5O3S. The van der Waals surface area contributed by atoms with Crippen LogP contribution in [-0.2, 0) is 16.0 Å². The van der Waals surface area contributed by atoms with E-state index in [0.717, 1.165) is 13.1 Å². The third-order valence-electron chi connectivity index (χ3n) is 6.58. The molecule has 1 saturated heterocycles. The zero-order valence-electron chi connectivity index (χ0n) is 22.1. The topological polar surface area (TPSA) is 85.9 Å². The molecule has 0 radical (unpaired) electrons. The van der Waals surface area contributed by atoms with Crippen molar-refractivity contribution in [3.8, 4) is 0 Å². The summed E-state index contributed by atoms with van der Waals surface area (Å²) in [4.78, 5) is 48.8. The van der Waals surface area contributed by atoms with Gasteiger partial charge in [0.25, 0.3) is 5.91 Å². The Bertz CT molecular complexity index is 1350. The summed E-state index contributed by atoms with van der Waals surface area (Å²) in [6.07, 6.45) is 0.169. The minimum absolute atomic E-state index is 0.0130. The molecule has 39 heavy (non-hydrogen) atoms. The highest BCUT2D eigenvalue weighted by molar-refractivity contribution is 7.13. The molecule has 1 N–H and O–H groups in total. The van der Waals surface area contributed by atoms with Crippen molar-refractivity contribution in [2.45, 2.75) is 33.2 Å². The van der Waals surface area contributed by atoms with Crippen molar-refractivity contribution >= 4 is 63.1 Å². The van der Waals surface area contributed by atoms with E-state index in [9.17, 15) is 14.4 Å². The van der Waals surface area contributed by atoms with Crippen molar-refractivity contribution in [1.29, 1.82) is 0 Å². The first-order valence-corrected chi connectivity index (χ1v) is 14.3. The van der Waals surface area contributed by atoms with Crippen molar-refractivity contribution in [2.24, 2.45) is 0 Å². The first-order valence-electron chi connectivity index (χ1n) is 12.7. The van der Waals surface area contributed by atoms with Gasteiger partial charge in [-0.25, -0.2) is 4.98 Å². The van der Waals surface area contributed by atoms with Crippen LogP contribution >= 0.6 is 34.5 Å². The van der Waals surface area contributed by atoms with Crippen LogP contribution in [0.3, 0.4) is 0 Å². The number of thiazole rings is 1. The maximum atomic E-state index is 13.1. The Balaban J connectivity index is 1.30. The summed E-state index contributed by atoms with van der Waals surface area (Å²) >= 11 is 13.4. The van der Waals surface area contributed by atoms with E-state index in [0.29, 0.717) is 28.9 Å². The second-order valence-electron chi connectivity index (χ2n) is 9.67. The van der Waals surface area contributed by atoms with Crippen molar-refractivity contribution in [2.75, 3.05) is 42.9 Å². The lowest BCUT2D eigenvalue weighted by Crippen LogP contribution is -2.49. The summed E-state index contributed by atoms with van der Waals surface area (Å²) in [6.45, 7) is 8.43. The molecule has 1 aliphatic rings. The Morgan fingerprint density at radius 2 is 1.79 bits per heavy atom. The van der Waals surface area contributed by atoms with E-state index in [2.05, 4.69) is 34.3 Å². The van der Waals surface area contributed by atoms with Crippen LogP contribution in [0.4, 0.5) is 10.8 Å². The molecule has 1 aliphatic heterocycles. The number of carbonyl (C=O) groups is 3. The third kappa shape index (κ3) is 7.29. The highest BCUT2D eigenvalue weighted by Gasteiger charge is 2.25. The molecule has 8 nitrogen and oxygen atoms in total. The minimum Gasteiger partial charge on any atom is -0.368 e. The Morgan fingerprint density at radius 1 is 1.08 bits per heavy atom.